The predicted octanol–water partition coefficient (Wildman–Crippen LogP) is 4.30. The lowest BCUT2D eigenvalue weighted by Gasteiger charge is -2.06. The minimum Gasteiger partial charge on any atom is -0.350 e. The van der Waals surface area contributed by atoms with Crippen molar-refractivity contribution in [3.63, 3.8) is 0 Å². The maximum Gasteiger partial charge on any atom is 0.240 e. The van der Waals surface area contributed by atoms with Crippen LogP contribution >= 0.6 is 11.3 Å². The minimum absolute atomic E-state index is 0.0476. The molecule has 0 saturated heterocycles. The zero-order valence-electron chi connectivity index (χ0n) is 15.5. The number of carbonyl (C=O) groups is 1. The molecule has 0 fully saturated rings. The summed E-state index contributed by atoms with van der Waals surface area (Å²) in [5, 5.41) is 5.81. The molecule has 4 rings (SSSR count). The number of benzene rings is 2. The standard InChI is InChI=1S/C22H20N4OS/c1-16-7-9-17(10-8-16)11-23-21(27)13-26-12-19(24-15-26)22-25-20(14-28-22)18-5-3-2-4-6-18/h2-10,12,14-15H,11,13H2,1H3,(H,23,27). The highest BCUT2D eigenvalue weighted by Gasteiger charge is 2.10. The van der Waals surface area contributed by atoms with E-state index in [-0.39, 0.29) is 12.5 Å². The number of carbonyl (C=O) groups excluding carboxylic acids is 1. The summed E-state index contributed by atoms with van der Waals surface area (Å²) in [7, 11) is 0. The van der Waals surface area contributed by atoms with Crippen molar-refractivity contribution >= 4 is 17.2 Å². The average molecular weight is 388 g/mol. The van der Waals surface area contributed by atoms with Gasteiger partial charge in [0.2, 0.25) is 5.91 Å². The molecule has 0 atom stereocenters. The van der Waals surface area contributed by atoms with Crippen molar-refractivity contribution in [2.45, 2.75) is 20.0 Å². The average Bonchev–Trinajstić information content (AvgIpc) is 3.38. The maximum absolute atomic E-state index is 12.2. The number of aromatic nitrogens is 3. The van der Waals surface area contributed by atoms with E-state index in [1.807, 2.05) is 73.1 Å². The summed E-state index contributed by atoms with van der Waals surface area (Å²) < 4.78 is 1.78. The highest BCUT2D eigenvalue weighted by molar-refractivity contribution is 7.13. The van der Waals surface area contributed by atoms with Crippen LogP contribution in [-0.4, -0.2) is 20.4 Å². The van der Waals surface area contributed by atoms with Crippen LogP contribution in [-0.2, 0) is 17.9 Å². The third-order valence-electron chi connectivity index (χ3n) is 4.36. The summed E-state index contributed by atoms with van der Waals surface area (Å²) in [5.74, 6) is -0.0476. The predicted molar refractivity (Wildman–Crippen MR) is 112 cm³/mol. The fraction of sp³-hybridized carbons (Fsp3) is 0.136. The first-order chi connectivity index (χ1) is 13.7. The van der Waals surface area contributed by atoms with Crippen LogP contribution in [0.4, 0.5) is 0 Å². The molecule has 0 spiro atoms. The van der Waals surface area contributed by atoms with E-state index in [0.717, 1.165) is 27.5 Å². The number of hydrogen-bond donors (Lipinski definition) is 1. The Morgan fingerprint density at radius 3 is 2.64 bits per heavy atom. The molecule has 140 valence electrons. The topological polar surface area (TPSA) is 59.8 Å². The van der Waals surface area contributed by atoms with E-state index in [9.17, 15) is 4.79 Å². The number of nitrogens with one attached hydrogen (secondary N) is 1. The summed E-state index contributed by atoms with van der Waals surface area (Å²) in [4.78, 5) is 21.3. The van der Waals surface area contributed by atoms with Crippen LogP contribution in [0.2, 0.25) is 0 Å². The van der Waals surface area contributed by atoms with E-state index < -0.39 is 0 Å². The number of thiazole rings is 1. The monoisotopic (exact) mass is 388 g/mol. The Morgan fingerprint density at radius 1 is 1.07 bits per heavy atom. The molecule has 0 aliphatic rings. The molecule has 0 aliphatic heterocycles. The molecule has 2 heterocycles. The van der Waals surface area contributed by atoms with Crippen LogP contribution in [0, 0.1) is 6.92 Å². The van der Waals surface area contributed by atoms with Gasteiger partial charge in [0, 0.05) is 23.7 Å². The lowest BCUT2D eigenvalue weighted by atomic mass is 10.1. The zero-order chi connectivity index (χ0) is 19.3. The van der Waals surface area contributed by atoms with E-state index in [1.54, 1.807) is 22.2 Å². The molecule has 0 unspecified atom stereocenters. The van der Waals surface area contributed by atoms with Gasteiger partial charge in [-0.15, -0.1) is 11.3 Å². The van der Waals surface area contributed by atoms with Gasteiger partial charge in [-0.1, -0.05) is 60.2 Å². The van der Waals surface area contributed by atoms with E-state index >= 15 is 0 Å². The van der Waals surface area contributed by atoms with Crippen molar-refractivity contribution in [2.75, 3.05) is 0 Å². The van der Waals surface area contributed by atoms with E-state index in [0.29, 0.717) is 6.54 Å². The molecular formula is C22H20N4OS. The van der Waals surface area contributed by atoms with E-state index in [1.165, 1.54) is 5.56 Å². The Hall–Kier alpha value is -3.25. The first-order valence-corrected chi connectivity index (χ1v) is 9.91. The van der Waals surface area contributed by atoms with Crippen molar-refractivity contribution in [2.24, 2.45) is 0 Å². The molecule has 28 heavy (non-hydrogen) atoms. The van der Waals surface area contributed by atoms with Gasteiger partial charge in [-0.2, -0.15) is 0 Å². The molecule has 5 nitrogen and oxygen atoms in total. The molecule has 0 aliphatic carbocycles. The molecule has 4 aromatic rings. The zero-order valence-corrected chi connectivity index (χ0v) is 16.3. The van der Waals surface area contributed by atoms with E-state index in [4.69, 9.17) is 0 Å². The van der Waals surface area contributed by atoms with Crippen LogP contribution in [0.15, 0.2) is 72.5 Å². The van der Waals surface area contributed by atoms with Crippen molar-refractivity contribution in [1.82, 2.24) is 19.9 Å². The molecule has 2 aromatic heterocycles. The fourth-order valence-electron chi connectivity index (χ4n) is 2.82. The Bertz CT molecular complexity index is 1070. The van der Waals surface area contributed by atoms with Crippen molar-refractivity contribution in [3.05, 3.63) is 83.6 Å². The number of imidazole rings is 1. The molecule has 0 bridgehead atoms. The van der Waals surface area contributed by atoms with Gasteiger partial charge in [-0.3, -0.25) is 4.79 Å². The van der Waals surface area contributed by atoms with Crippen LogP contribution in [0.3, 0.4) is 0 Å². The van der Waals surface area contributed by atoms with Crippen LogP contribution in [0.1, 0.15) is 11.1 Å². The Balaban J connectivity index is 1.37. The second kappa shape index (κ2) is 8.19. The lowest BCUT2D eigenvalue weighted by Crippen LogP contribution is -2.26. The van der Waals surface area contributed by atoms with E-state index in [2.05, 4.69) is 15.3 Å². The molecule has 2 aromatic carbocycles. The smallest absolute Gasteiger partial charge is 0.240 e. The second-order valence-electron chi connectivity index (χ2n) is 6.60. The SMILES string of the molecule is Cc1ccc(CNC(=O)Cn2cnc(-c3nc(-c4ccccc4)cs3)c2)cc1. The maximum atomic E-state index is 12.2. The Kier molecular flexibility index (Phi) is 5.30. The quantitative estimate of drug-likeness (QED) is 0.536. The minimum atomic E-state index is -0.0476. The number of aryl methyl sites for hydroxylation is 1. The van der Waals surface area contributed by atoms with Gasteiger partial charge < -0.3 is 9.88 Å². The Morgan fingerprint density at radius 2 is 1.86 bits per heavy atom. The fourth-order valence-corrected chi connectivity index (χ4v) is 3.61. The van der Waals surface area contributed by atoms with Gasteiger partial charge in [0.1, 0.15) is 17.2 Å². The Labute approximate surface area is 167 Å². The molecule has 1 amide bonds. The number of amides is 1. The van der Waals surface area contributed by atoms with Crippen molar-refractivity contribution < 1.29 is 4.79 Å². The first-order valence-electron chi connectivity index (χ1n) is 9.03. The van der Waals surface area contributed by atoms with Gasteiger partial charge in [0.05, 0.1) is 12.0 Å². The third kappa shape index (κ3) is 4.35. The van der Waals surface area contributed by atoms with Gasteiger partial charge >= 0.3 is 0 Å². The van der Waals surface area contributed by atoms with Gasteiger partial charge in [0.15, 0.2) is 0 Å². The van der Waals surface area contributed by atoms with Gasteiger partial charge in [0.25, 0.3) is 0 Å². The number of rotatable bonds is 6. The summed E-state index contributed by atoms with van der Waals surface area (Å²) in [6.07, 6.45) is 3.53. The second-order valence-corrected chi connectivity index (χ2v) is 7.46. The highest BCUT2D eigenvalue weighted by Crippen LogP contribution is 2.27. The van der Waals surface area contributed by atoms with Gasteiger partial charge in [-0.05, 0) is 12.5 Å². The van der Waals surface area contributed by atoms with Crippen LogP contribution in [0.25, 0.3) is 22.0 Å². The van der Waals surface area contributed by atoms with Crippen molar-refractivity contribution in [3.8, 4) is 22.0 Å². The third-order valence-corrected chi connectivity index (χ3v) is 5.23. The summed E-state index contributed by atoms with van der Waals surface area (Å²) in [6, 6.07) is 18.2. The van der Waals surface area contributed by atoms with Crippen LogP contribution < -0.4 is 5.32 Å². The first kappa shape index (κ1) is 18.1. The summed E-state index contributed by atoms with van der Waals surface area (Å²) in [5.41, 5.74) is 5.09. The number of nitrogens with zero attached hydrogens (tertiary/aromatic N) is 3. The summed E-state index contributed by atoms with van der Waals surface area (Å²) in [6.45, 7) is 2.80. The summed E-state index contributed by atoms with van der Waals surface area (Å²) >= 11 is 1.55. The lowest BCUT2D eigenvalue weighted by molar-refractivity contribution is -0.121. The number of hydrogen-bond acceptors (Lipinski definition) is 4. The molecule has 1 N–H and O–H groups in total. The molecule has 0 saturated carbocycles. The largest absolute Gasteiger partial charge is 0.350 e. The normalized spacial score (nSPS) is 10.8. The van der Waals surface area contributed by atoms with Crippen LogP contribution in [0.5, 0.6) is 0 Å². The molecule has 6 heteroatoms. The highest BCUT2D eigenvalue weighted by atomic mass is 32.1. The van der Waals surface area contributed by atoms with Crippen molar-refractivity contribution in [1.29, 1.82) is 0 Å². The molecular weight excluding hydrogens is 368 g/mol. The van der Waals surface area contributed by atoms with Gasteiger partial charge in [-0.25, -0.2) is 9.97 Å². The molecule has 0 radical (unpaired) electrons.